The standard InChI is InChI=1S/C24H22O6/c1-27-19-14-18(15-20(28-2)23(19)29-3)24(26)30-22(17-12-8-5-9-13-17)21(25)16-10-6-4-7-11-16/h4-15,22H,1-3H3. The fraction of sp³-hybridized carbons (Fsp3) is 0.167. The van der Waals surface area contributed by atoms with Crippen LogP contribution in [0.2, 0.25) is 0 Å². The molecule has 0 N–H and O–H groups in total. The second-order valence-corrected chi connectivity index (χ2v) is 6.34. The Kier molecular flexibility index (Phi) is 6.70. The molecule has 3 aromatic rings. The van der Waals surface area contributed by atoms with Gasteiger partial charge in [0.1, 0.15) is 0 Å². The Morgan fingerprint density at radius 3 is 1.73 bits per heavy atom. The fourth-order valence-corrected chi connectivity index (χ4v) is 3.03. The summed E-state index contributed by atoms with van der Waals surface area (Å²) in [5.41, 5.74) is 1.20. The lowest BCUT2D eigenvalue weighted by Gasteiger charge is -2.19. The van der Waals surface area contributed by atoms with Crippen LogP contribution in [0.15, 0.2) is 72.8 Å². The zero-order valence-electron chi connectivity index (χ0n) is 17.0. The van der Waals surface area contributed by atoms with Crippen molar-refractivity contribution in [1.29, 1.82) is 0 Å². The number of esters is 1. The van der Waals surface area contributed by atoms with Gasteiger partial charge in [0, 0.05) is 11.1 Å². The van der Waals surface area contributed by atoms with E-state index < -0.39 is 12.1 Å². The third kappa shape index (κ3) is 4.43. The number of methoxy groups -OCH3 is 3. The highest BCUT2D eigenvalue weighted by molar-refractivity contribution is 6.02. The first kappa shape index (κ1) is 20.9. The summed E-state index contributed by atoms with van der Waals surface area (Å²) in [5.74, 6) is -0.0182. The van der Waals surface area contributed by atoms with Gasteiger partial charge in [-0.15, -0.1) is 0 Å². The third-order valence-electron chi connectivity index (χ3n) is 4.52. The second kappa shape index (κ2) is 9.60. The number of hydrogen-bond donors (Lipinski definition) is 0. The van der Waals surface area contributed by atoms with Crippen LogP contribution in [0, 0.1) is 0 Å². The number of ether oxygens (including phenoxy) is 4. The molecule has 154 valence electrons. The Balaban J connectivity index is 1.97. The molecule has 0 saturated heterocycles. The van der Waals surface area contributed by atoms with Crippen molar-refractivity contribution in [1.82, 2.24) is 0 Å². The first-order valence-corrected chi connectivity index (χ1v) is 9.24. The van der Waals surface area contributed by atoms with E-state index in [0.29, 0.717) is 28.4 Å². The predicted octanol–water partition coefficient (Wildman–Crippen LogP) is 4.49. The van der Waals surface area contributed by atoms with E-state index in [4.69, 9.17) is 18.9 Å². The average Bonchev–Trinajstić information content (AvgIpc) is 2.81. The zero-order valence-corrected chi connectivity index (χ0v) is 17.0. The van der Waals surface area contributed by atoms with Crippen LogP contribution in [0.5, 0.6) is 17.2 Å². The number of ketones is 1. The Hall–Kier alpha value is -3.80. The molecule has 6 heteroatoms. The molecule has 30 heavy (non-hydrogen) atoms. The summed E-state index contributed by atoms with van der Waals surface area (Å²) in [6.45, 7) is 0. The third-order valence-corrected chi connectivity index (χ3v) is 4.52. The van der Waals surface area contributed by atoms with Crippen LogP contribution < -0.4 is 14.2 Å². The smallest absolute Gasteiger partial charge is 0.339 e. The molecule has 6 nitrogen and oxygen atoms in total. The molecule has 0 aromatic heterocycles. The normalized spacial score (nSPS) is 11.3. The number of hydrogen-bond acceptors (Lipinski definition) is 6. The first-order chi connectivity index (χ1) is 14.6. The summed E-state index contributed by atoms with van der Waals surface area (Å²) in [6.07, 6.45) is -1.10. The van der Waals surface area contributed by atoms with Gasteiger partial charge in [-0.05, 0) is 12.1 Å². The number of Topliss-reactive ketones (excluding diaryl/α,β-unsaturated/α-hetero) is 1. The molecule has 0 amide bonds. The maximum absolute atomic E-state index is 13.1. The van der Waals surface area contributed by atoms with Crippen LogP contribution >= 0.6 is 0 Å². The van der Waals surface area contributed by atoms with Crippen LogP contribution in [-0.2, 0) is 4.74 Å². The molecule has 3 rings (SSSR count). The van der Waals surface area contributed by atoms with Gasteiger partial charge < -0.3 is 18.9 Å². The van der Waals surface area contributed by atoms with Crippen molar-refractivity contribution >= 4 is 11.8 Å². The molecule has 0 fully saturated rings. The van der Waals surface area contributed by atoms with Gasteiger partial charge in [0.05, 0.1) is 26.9 Å². The summed E-state index contributed by atoms with van der Waals surface area (Å²) in [7, 11) is 4.39. The topological polar surface area (TPSA) is 71.1 Å². The molecule has 0 bridgehead atoms. The molecule has 0 radical (unpaired) electrons. The molecule has 0 aliphatic carbocycles. The van der Waals surface area contributed by atoms with Crippen molar-refractivity contribution in [2.24, 2.45) is 0 Å². The van der Waals surface area contributed by atoms with Crippen molar-refractivity contribution in [3.63, 3.8) is 0 Å². The highest BCUT2D eigenvalue weighted by Crippen LogP contribution is 2.38. The molecule has 0 spiro atoms. The van der Waals surface area contributed by atoms with E-state index in [1.165, 1.54) is 33.5 Å². The Morgan fingerprint density at radius 2 is 1.23 bits per heavy atom. The zero-order chi connectivity index (χ0) is 21.5. The average molecular weight is 406 g/mol. The van der Waals surface area contributed by atoms with E-state index in [1.54, 1.807) is 48.5 Å². The minimum absolute atomic E-state index is 0.172. The lowest BCUT2D eigenvalue weighted by Crippen LogP contribution is -2.20. The molecule has 0 aliphatic rings. The van der Waals surface area contributed by atoms with Crippen molar-refractivity contribution in [2.75, 3.05) is 21.3 Å². The second-order valence-electron chi connectivity index (χ2n) is 6.34. The van der Waals surface area contributed by atoms with Crippen LogP contribution in [0.4, 0.5) is 0 Å². The SMILES string of the molecule is COc1cc(C(=O)OC(C(=O)c2ccccc2)c2ccccc2)cc(OC)c1OC. The molecule has 0 saturated carbocycles. The van der Waals surface area contributed by atoms with Crippen LogP contribution in [0.1, 0.15) is 32.4 Å². The number of rotatable bonds is 8. The molecule has 0 aliphatic heterocycles. The van der Waals surface area contributed by atoms with Gasteiger partial charge in [-0.25, -0.2) is 4.79 Å². The van der Waals surface area contributed by atoms with E-state index in [0.717, 1.165) is 0 Å². The molecular weight excluding hydrogens is 384 g/mol. The van der Waals surface area contributed by atoms with Gasteiger partial charge >= 0.3 is 5.97 Å². The fourth-order valence-electron chi connectivity index (χ4n) is 3.03. The Morgan fingerprint density at radius 1 is 0.700 bits per heavy atom. The molecule has 1 atom stereocenters. The van der Waals surface area contributed by atoms with Gasteiger partial charge in [-0.1, -0.05) is 60.7 Å². The maximum Gasteiger partial charge on any atom is 0.339 e. The minimum atomic E-state index is -1.10. The summed E-state index contributed by atoms with van der Waals surface area (Å²) < 4.78 is 21.5. The molecule has 0 heterocycles. The monoisotopic (exact) mass is 406 g/mol. The number of benzene rings is 3. The van der Waals surface area contributed by atoms with Crippen molar-refractivity contribution < 1.29 is 28.5 Å². The lowest BCUT2D eigenvalue weighted by molar-refractivity contribution is 0.0279. The van der Waals surface area contributed by atoms with E-state index in [1.807, 2.05) is 12.1 Å². The van der Waals surface area contributed by atoms with E-state index >= 15 is 0 Å². The molecule has 3 aromatic carbocycles. The highest BCUT2D eigenvalue weighted by atomic mass is 16.5. The minimum Gasteiger partial charge on any atom is -0.493 e. The maximum atomic E-state index is 13.1. The summed E-state index contributed by atoms with van der Waals surface area (Å²) >= 11 is 0. The lowest BCUT2D eigenvalue weighted by atomic mass is 9.99. The summed E-state index contributed by atoms with van der Waals surface area (Å²) in [4.78, 5) is 26.1. The molecule has 1 unspecified atom stereocenters. The Bertz CT molecular complexity index is 989. The van der Waals surface area contributed by atoms with Crippen LogP contribution in [0.25, 0.3) is 0 Å². The quantitative estimate of drug-likeness (QED) is 0.405. The van der Waals surface area contributed by atoms with Crippen molar-refractivity contribution in [3.05, 3.63) is 89.5 Å². The van der Waals surface area contributed by atoms with Gasteiger partial charge in [0.15, 0.2) is 17.6 Å². The van der Waals surface area contributed by atoms with E-state index in [9.17, 15) is 9.59 Å². The first-order valence-electron chi connectivity index (χ1n) is 9.24. The number of carbonyl (C=O) groups excluding carboxylic acids is 2. The Labute approximate surface area is 175 Å². The van der Waals surface area contributed by atoms with Gasteiger partial charge in [-0.3, -0.25) is 4.79 Å². The van der Waals surface area contributed by atoms with Gasteiger partial charge in [-0.2, -0.15) is 0 Å². The van der Waals surface area contributed by atoms with E-state index in [2.05, 4.69) is 0 Å². The van der Waals surface area contributed by atoms with E-state index in [-0.39, 0.29) is 11.3 Å². The van der Waals surface area contributed by atoms with Crippen LogP contribution in [0.3, 0.4) is 0 Å². The highest BCUT2D eigenvalue weighted by Gasteiger charge is 2.28. The number of carbonyl (C=O) groups is 2. The van der Waals surface area contributed by atoms with Gasteiger partial charge in [0.25, 0.3) is 0 Å². The van der Waals surface area contributed by atoms with Crippen molar-refractivity contribution in [3.8, 4) is 17.2 Å². The largest absolute Gasteiger partial charge is 0.493 e. The predicted molar refractivity (Wildman–Crippen MR) is 111 cm³/mol. The summed E-state index contributed by atoms with van der Waals surface area (Å²) in [6, 6.07) is 20.6. The molecular formula is C24H22O6. The van der Waals surface area contributed by atoms with Gasteiger partial charge in [0.2, 0.25) is 11.5 Å². The van der Waals surface area contributed by atoms with Crippen molar-refractivity contribution in [2.45, 2.75) is 6.10 Å². The summed E-state index contributed by atoms with van der Waals surface area (Å²) in [5, 5.41) is 0. The van der Waals surface area contributed by atoms with Crippen LogP contribution in [-0.4, -0.2) is 33.1 Å².